The second-order valence-electron chi connectivity index (χ2n) is 6.77. The molecule has 0 aromatic heterocycles. The normalized spacial score (nSPS) is 10.7. The standard InChI is InChI=1S/C21H23F3IN3O5/c22-15-7-6-14(20(19(15)24)26-17-8-5-13(25)12-16(17)23)21(30)28-33-11-10-32-9-3-1-2-4-18(29)27-31/h5-8,12,26,31H,1-4,9-11H2,(H,27,29)(H,28,30). The van der Waals surface area contributed by atoms with Gasteiger partial charge in [0.25, 0.3) is 5.91 Å². The van der Waals surface area contributed by atoms with Crippen molar-refractivity contribution in [3.8, 4) is 0 Å². The van der Waals surface area contributed by atoms with Gasteiger partial charge in [-0.05, 0) is 65.8 Å². The molecule has 12 heteroatoms. The van der Waals surface area contributed by atoms with E-state index in [2.05, 4.69) is 10.8 Å². The van der Waals surface area contributed by atoms with Crippen molar-refractivity contribution >= 4 is 45.8 Å². The highest BCUT2D eigenvalue weighted by Crippen LogP contribution is 2.28. The van der Waals surface area contributed by atoms with E-state index in [4.69, 9.17) is 14.8 Å². The third-order valence-corrected chi connectivity index (χ3v) is 5.01. The van der Waals surface area contributed by atoms with E-state index >= 15 is 0 Å². The summed E-state index contributed by atoms with van der Waals surface area (Å²) in [7, 11) is 0. The Morgan fingerprint density at radius 3 is 2.48 bits per heavy atom. The Hall–Kier alpha value is -2.42. The average molecular weight is 581 g/mol. The number of ether oxygens (including phenoxy) is 1. The number of carbonyl (C=O) groups is 2. The van der Waals surface area contributed by atoms with Crippen molar-refractivity contribution in [2.45, 2.75) is 25.7 Å². The molecule has 8 nitrogen and oxygen atoms in total. The highest BCUT2D eigenvalue weighted by molar-refractivity contribution is 14.1. The van der Waals surface area contributed by atoms with Gasteiger partial charge in [-0.3, -0.25) is 19.6 Å². The molecule has 0 aliphatic heterocycles. The van der Waals surface area contributed by atoms with Crippen molar-refractivity contribution in [1.29, 1.82) is 0 Å². The molecule has 0 heterocycles. The first-order chi connectivity index (χ1) is 15.8. The third kappa shape index (κ3) is 8.79. The molecule has 180 valence electrons. The summed E-state index contributed by atoms with van der Waals surface area (Å²) in [5, 5.41) is 10.8. The molecule has 2 amide bonds. The summed E-state index contributed by atoms with van der Waals surface area (Å²) >= 11 is 1.90. The lowest BCUT2D eigenvalue weighted by Gasteiger charge is -2.14. The molecule has 0 fully saturated rings. The fraction of sp³-hybridized carbons (Fsp3) is 0.333. The zero-order valence-corrected chi connectivity index (χ0v) is 19.6. The number of hydrogen-bond donors (Lipinski definition) is 4. The van der Waals surface area contributed by atoms with Gasteiger partial charge >= 0.3 is 0 Å². The van der Waals surface area contributed by atoms with Crippen LogP contribution in [0.1, 0.15) is 36.0 Å². The number of hydrogen-bond acceptors (Lipinski definition) is 6. The van der Waals surface area contributed by atoms with E-state index in [0.717, 1.165) is 18.6 Å². The Balaban J connectivity index is 1.81. The van der Waals surface area contributed by atoms with Crippen LogP contribution in [0, 0.1) is 21.0 Å². The van der Waals surface area contributed by atoms with Crippen molar-refractivity contribution in [1.82, 2.24) is 11.0 Å². The van der Waals surface area contributed by atoms with Crippen LogP contribution in [-0.4, -0.2) is 36.8 Å². The van der Waals surface area contributed by atoms with Crippen LogP contribution in [-0.2, 0) is 14.4 Å². The number of anilines is 2. The number of rotatable bonds is 13. The Kier molecular flexibility index (Phi) is 11.4. The number of halogens is 4. The summed E-state index contributed by atoms with van der Waals surface area (Å²) in [6, 6.07) is 5.95. The first kappa shape index (κ1) is 26.8. The molecule has 2 rings (SSSR count). The lowest BCUT2D eigenvalue weighted by Crippen LogP contribution is -2.26. The second kappa shape index (κ2) is 14.0. The molecule has 0 bridgehead atoms. The van der Waals surface area contributed by atoms with Crippen LogP contribution in [0.4, 0.5) is 24.5 Å². The highest BCUT2D eigenvalue weighted by Gasteiger charge is 2.20. The van der Waals surface area contributed by atoms with Crippen molar-refractivity contribution in [3.05, 3.63) is 56.9 Å². The van der Waals surface area contributed by atoms with E-state index in [1.54, 1.807) is 11.5 Å². The molecule has 33 heavy (non-hydrogen) atoms. The smallest absolute Gasteiger partial charge is 0.277 e. The van der Waals surface area contributed by atoms with Gasteiger partial charge in [0.1, 0.15) is 5.82 Å². The quantitative estimate of drug-likeness (QED) is 0.122. The largest absolute Gasteiger partial charge is 0.379 e. The summed E-state index contributed by atoms with van der Waals surface area (Å²) in [5.74, 6) is -4.53. The molecule has 0 atom stereocenters. The van der Waals surface area contributed by atoms with Gasteiger partial charge < -0.3 is 10.1 Å². The molecule has 0 unspecified atom stereocenters. The Labute approximate surface area is 201 Å². The van der Waals surface area contributed by atoms with Crippen LogP contribution in [0.3, 0.4) is 0 Å². The summed E-state index contributed by atoms with van der Waals surface area (Å²) in [6.07, 6.45) is 2.27. The fourth-order valence-electron chi connectivity index (χ4n) is 2.68. The summed E-state index contributed by atoms with van der Waals surface area (Å²) in [6.45, 7) is 0.571. The van der Waals surface area contributed by atoms with Crippen LogP contribution in [0.25, 0.3) is 0 Å². The molecule has 2 aromatic carbocycles. The third-order valence-electron chi connectivity index (χ3n) is 4.34. The van der Waals surface area contributed by atoms with Gasteiger partial charge in [-0.2, -0.15) is 0 Å². The lowest BCUT2D eigenvalue weighted by molar-refractivity contribution is -0.129. The number of amides is 2. The van der Waals surface area contributed by atoms with Crippen LogP contribution < -0.4 is 16.3 Å². The molecule has 0 aliphatic carbocycles. The minimum Gasteiger partial charge on any atom is -0.379 e. The van der Waals surface area contributed by atoms with Crippen molar-refractivity contribution in [3.63, 3.8) is 0 Å². The van der Waals surface area contributed by atoms with Crippen molar-refractivity contribution in [2.24, 2.45) is 0 Å². The number of benzene rings is 2. The number of hydroxylamine groups is 2. The van der Waals surface area contributed by atoms with Crippen LogP contribution in [0.2, 0.25) is 0 Å². The zero-order valence-electron chi connectivity index (χ0n) is 17.4. The Morgan fingerprint density at radius 1 is 0.970 bits per heavy atom. The molecule has 0 radical (unpaired) electrons. The summed E-state index contributed by atoms with van der Waals surface area (Å²) < 4.78 is 48.1. The number of nitrogens with one attached hydrogen (secondary N) is 3. The van der Waals surface area contributed by atoms with Crippen molar-refractivity contribution < 1.29 is 37.5 Å². The SMILES string of the molecule is O=C(CCCCCOCCONC(=O)c1ccc(F)c(F)c1Nc1ccc(I)cc1F)NO. The van der Waals surface area contributed by atoms with E-state index < -0.39 is 35.0 Å². The van der Waals surface area contributed by atoms with Gasteiger partial charge in [-0.25, -0.2) is 24.1 Å². The first-order valence-corrected chi connectivity index (χ1v) is 11.0. The van der Waals surface area contributed by atoms with Gasteiger partial charge in [0, 0.05) is 16.6 Å². The maximum atomic E-state index is 14.4. The van der Waals surface area contributed by atoms with E-state index in [1.807, 2.05) is 22.6 Å². The zero-order chi connectivity index (χ0) is 24.2. The van der Waals surface area contributed by atoms with E-state index in [-0.39, 0.29) is 30.9 Å². The maximum Gasteiger partial charge on any atom is 0.277 e. The average Bonchev–Trinajstić information content (AvgIpc) is 2.79. The highest BCUT2D eigenvalue weighted by atomic mass is 127. The van der Waals surface area contributed by atoms with Crippen LogP contribution in [0.5, 0.6) is 0 Å². The second-order valence-corrected chi connectivity index (χ2v) is 8.02. The molecular weight excluding hydrogens is 558 g/mol. The number of unbranched alkanes of at least 4 members (excludes halogenated alkanes) is 2. The Bertz CT molecular complexity index is 965. The lowest BCUT2D eigenvalue weighted by atomic mass is 10.1. The molecule has 0 saturated carbocycles. The minimum atomic E-state index is -1.33. The number of carbonyl (C=O) groups excluding carboxylic acids is 2. The predicted molar refractivity (Wildman–Crippen MR) is 121 cm³/mol. The van der Waals surface area contributed by atoms with Gasteiger partial charge in [-0.15, -0.1) is 0 Å². The van der Waals surface area contributed by atoms with E-state index in [1.165, 1.54) is 12.1 Å². The topological polar surface area (TPSA) is 109 Å². The maximum absolute atomic E-state index is 14.4. The molecule has 0 aliphatic rings. The minimum absolute atomic E-state index is 0.00313. The molecule has 2 aromatic rings. The Morgan fingerprint density at radius 2 is 1.76 bits per heavy atom. The van der Waals surface area contributed by atoms with E-state index in [0.29, 0.717) is 23.0 Å². The van der Waals surface area contributed by atoms with Crippen molar-refractivity contribution in [2.75, 3.05) is 25.1 Å². The first-order valence-electron chi connectivity index (χ1n) is 9.96. The molecule has 4 N–H and O–H groups in total. The summed E-state index contributed by atoms with van der Waals surface area (Å²) in [5.41, 5.74) is 2.74. The molecular formula is C21H23F3IN3O5. The fourth-order valence-corrected chi connectivity index (χ4v) is 3.14. The predicted octanol–water partition coefficient (Wildman–Crippen LogP) is 4.20. The van der Waals surface area contributed by atoms with Crippen LogP contribution >= 0.6 is 22.6 Å². The molecule has 0 spiro atoms. The van der Waals surface area contributed by atoms with Gasteiger partial charge in [0.05, 0.1) is 30.2 Å². The van der Waals surface area contributed by atoms with E-state index in [9.17, 15) is 22.8 Å². The summed E-state index contributed by atoms with van der Waals surface area (Å²) in [4.78, 5) is 28.3. The van der Waals surface area contributed by atoms with Gasteiger partial charge in [0.15, 0.2) is 11.6 Å². The van der Waals surface area contributed by atoms with Gasteiger partial charge in [0.2, 0.25) is 5.91 Å². The van der Waals surface area contributed by atoms with Gasteiger partial charge in [-0.1, -0.05) is 6.42 Å². The molecule has 0 saturated heterocycles. The van der Waals surface area contributed by atoms with Crippen LogP contribution in [0.15, 0.2) is 30.3 Å². The monoisotopic (exact) mass is 581 g/mol.